The molecule has 0 unspecified atom stereocenters. The lowest BCUT2D eigenvalue weighted by Gasteiger charge is -2.34. The molecule has 1 aliphatic heterocycles. The van der Waals surface area contributed by atoms with Crippen LogP contribution in [-0.4, -0.2) is 60.1 Å². The minimum Gasteiger partial charge on any atom is -0.377 e. The lowest BCUT2D eigenvalue weighted by atomic mass is 10.1. The van der Waals surface area contributed by atoms with E-state index in [2.05, 4.69) is 45.5 Å². The van der Waals surface area contributed by atoms with E-state index >= 15 is 0 Å². The number of hydrogen-bond donors (Lipinski definition) is 0. The molecule has 0 spiro atoms. The third kappa shape index (κ3) is 3.83. The smallest absolute Gasteiger partial charge is 0.254 e. The Morgan fingerprint density at radius 2 is 1.80 bits per heavy atom. The van der Waals surface area contributed by atoms with Crippen molar-refractivity contribution in [3.05, 3.63) is 67.3 Å². The Labute approximate surface area is 203 Å². The van der Waals surface area contributed by atoms with Gasteiger partial charge in [0.25, 0.3) is 5.95 Å². The fraction of sp³-hybridized carbons (Fsp3) is 0.269. The molecule has 0 N–H and O–H groups in total. The van der Waals surface area contributed by atoms with Crippen molar-refractivity contribution in [2.45, 2.75) is 26.4 Å². The number of rotatable bonds is 5. The third-order valence-electron chi connectivity index (χ3n) is 6.35. The molecule has 6 rings (SSSR count). The fourth-order valence-corrected chi connectivity index (χ4v) is 4.55. The molecule has 5 aromatic rings. The predicted octanol–water partition coefficient (Wildman–Crippen LogP) is 3.99. The third-order valence-corrected chi connectivity index (χ3v) is 6.35. The maximum absolute atomic E-state index is 5.70. The summed E-state index contributed by atoms with van der Waals surface area (Å²) in [5.41, 5.74) is 4.67. The summed E-state index contributed by atoms with van der Waals surface area (Å²) in [5.74, 6) is 2.17. The fourth-order valence-electron chi connectivity index (χ4n) is 4.55. The predicted molar refractivity (Wildman–Crippen MR) is 134 cm³/mol. The van der Waals surface area contributed by atoms with Gasteiger partial charge in [0, 0.05) is 42.8 Å². The van der Waals surface area contributed by atoms with E-state index < -0.39 is 0 Å². The van der Waals surface area contributed by atoms with Gasteiger partial charge in [-0.1, -0.05) is 30.3 Å². The first-order valence-corrected chi connectivity index (χ1v) is 11.9. The van der Waals surface area contributed by atoms with Gasteiger partial charge in [-0.3, -0.25) is 4.98 Å². The van der Waals surface area contributed by atoms with Gasteiger partial charge in [-0.2, -0.15) is 15.1 Å². The molecule has 0 amide bonds. The highest BCUT2D eigenvalue weighted by Gasteiger charge is 2.27. The minimum absolute atomic E-state index is 0.170. The highest BCUT2D eigenvalue weighted by Crippen LogP contribution is 2.31. The second kappa shape index (κ2) is 8.92. The van der Waals surface area contributed by atoms with Crippen molar-refractivity contribution in [1.82, 2.24) is 34.3 Å². The molecule has 9 heteroatoms. The van der Waals surface area contributed by atoms with E-state index in [1.807, 2.05) is 42.7 Å². The summed E-state index contributed by atoms with van der Waals surface area (Å²) in [4.78, 5) is 21.5. The molecule has 35 heavy (non-hydrogen) atoms. The molecule has 1 saturated heterocycles. The van der Waals surface area contributed by atoms with E-state index in [9.17, 15) is 0 Å². The van der Waals surface area contributed by atoms with Crippen LogP contribution in [0.15, 0.2) is 67.3 Å². The zero-order valence-electron chi connectivity index (χ0n) is 19.7. The number of morpholine rings is 1. The normalized spacial score (nSPS) is 16.2. The number of anilines is 1. The summed E-state index contributed by atoms with van der Waals surface area (Å²) in [6.45, 7) is 7.01. The summed E-state index contributed by atoms with van der Waals surface area (Å²) in [7, 11) is 0. The monoisotopic (exact) mass is 466 g/mol. The van der Waals surface area contributed by atoms with E-state index in [0.29, 0.717) is 19.2 Å². The van der Waals surface area contributed by atoms with E-state index in [0.717, 1.165) is 52.6 Å². The van der Waals surface area contributed by atoms with Gasteiger partial charge in [-0.25, -0.2) is 9.67 Å². The maximum Gasteiger partial charge on any atom is 0.254 e. The Kier molecular flexibility index (Phi) is 5.46. The molecular formula is C26H26N8O. The highest BCUT2D eigenvalue weighted by molar-refractivity contribution is 5.88. The van der Waals surface area contributed by atoms with Gasteiger partial charge < -0.3 is 14.2 Å². The molecule has 4 aromatic heterocycles. The van der Waals surface area contributed by atoms with Crippen LogP contribution in [0.1, 0.15) is 13.8 Å². The van der Waals surface area contributed by atoms with Crippen molar-refractivity contribution < 1.29 is 4.74 Å². The van der Waals surface area contributed by atoms with Gasteiger partial charge >= 0.3 is 0 Å². The number of aromatic nitrogens is 7. The molecule has 1 aromatic carbocycles. The summed E-state index contributed by atoms with van der Waals surface area (Å²) in [6, 6.07) is 14.3. The van der Waals surface area contributed by atoms with Crippen molar-refractivity contribution in [2.24, 2.45) is 0 Å². The first-order valence-electron chi connectivity index (χ1n) is 11.9. The highest BCUT2D eigenvalue weighted by atomic mass is 16.5. The summed E-state index contributed by atoms with van der Waals surface area (Å²) in [6.07, 6.45) is 7.39. The number of benzene rings is 1. The SMILES string of the molecule is CCn1c(-c2ccncc2)nc2c(N3CCOC[C@@H]3C)nc(-n3cc(-c4ccccc4)cn3)nc21. The molecule has 176 valence electrons. The summed E-state index contributed by atoms with van der Waals surface area (Å²) < 4.78 is 9.57. The van der Waals surface area contributed by atoms with E-state index in [4.69, 9.17) is 19.7 Å². The van der Waals surface area contributed by atoms with Crippen LogP contribution in [0.4, 0.5) is 5.82 Å². The Morgan fingerprint density at radius 3 is 2.57 bits per heavy atom. The van der Waals surface area contributed by atoms with Gasteiger partial charge in [0.05, 0.1) is 25.5 Å². The van der Waals surface area contributed by atoms with Gasteiger partial charge in [-0.05, 0) is 31.5 Å². The first kappa shape index (κ1) is 21.4. The van der Waals surface area contributed by atoms with Crippen LogP contribution in [0.25, 0.3) is 39.6 Å². The number of aryl methyl sites for hydroxylation is 1. The molecule has 0 radical (unpaired) electrons. The number of hydrogen-bond acceptors (Lipinski definition) is 7. The Balaban J connectivity index is 1.55. The van der Waals surface area contributed by atoms with Crippen molar-refractivity contribution >= 4 is 17.0 Å². The molecule has 0 bridgehead atoms. The van der Waals surface area contributed by atoms with E-state index in [1.54, 1.807) is 17.1 Å². The van der Waals surface area contributed by atoms with Crippen molar-refractivity contribution in [1.29, 1.82) is 0 Å². The average molecular weight is 467 g/mol. The number of ether oxygens (including phenoxy) is 1. The van der Waals surface area contributed by atoms with Gasteiger partial charge in [0.1, 0.15) is 5.82 Å². The molecule has 5 heterocycles. The minimum atomic E-state index is 0.170. The first-order chi connectivity index (χ1) is 17.2. The van der Waals surface area contributed by atoms with Crippen LogP contribution in [0, 0.1) is 0 Å². The largest absolute Gasteiger partial charge is 0.377 e. The number of imidazole rings is 1. The van der Waals surface area contributed by atoms with E-state index in [-0.39, 0.29) is 6.04 Å². The van der Waals surface area contributed by atoms with Crippen LogP contribution >= 0.6 is 0 Å². The second-order valence-corrected chi connectivity index (χ2v) is 8.59. The Bertz CT molecular complexity index is 1460. The zero-order valence-corrected chi connectivity index (χ0v) is 19.7. The molecule has 1 atom stereocenters. The van der Waals surface area contributed by atoms with Crippen molar-refractivity contribution in [3.63, 3.8) is 0 Å². The van der Waals surface area contributed by atoms with Crippen LogP contribution in [0.2, 0.25) is 0 Å². The molecule has 0 aliphatic carbocycles. The lowest BCUT2D eigenvalue weighted by molar-refractivity contribution is 0.0986. The Hall–Kier alpha value is -4.11. The quantitative estimate of drug-likeness (QED) is 0.387. The standard InChI is InChI=1S/C26H26N8O/c1-3-32-23(20-9-11-27-12-10-20)29-22-24(32)30-26(31-25(22)33-13-14-35-17-18(33)2)34-16-21(15-28-34)19-7-5-4-6-8-19/h4-12,15-16,18H,3,13-14,17H2,1-2H3/t18-/m0/s1. The number of nitrogens with zero attached hydrogens (tertiary/aromatic N) is 8. The second-order valence-electron chi connectivity index (χ2n) is 8.59. The topological polar surface area (TPSA) is 86.8 Å². The molecule has 9 nitrogen and oxygen atoms in total. The summed E-state index contributed by atoms with van der Waals surface area (Å²) in [5, 5.41) is 4.61. The lowest BCUT2D eigenvalue weighted by Crippen LogP contribution is -2.44. The Morgan fingerprint density at radius 1 is 0.971 bits per heavy atom. The molecule has 1 fully saturated rings. The van der Waals surface area contributed by atoms with Gasteiger partial charge in [0.2, 0.25) is 0 Å². The van der Waals surface area contributed by atoms with E-state index in [1.165, 1.54) is 0 Å². The molecular weight excluding hydrogens is 440 g/mol. The molecule has 0 saturated carbocycles. The van der Waals surface area contributed by atoms with Crippen LogP contribution in [0.3, 0.4) is 0 Å². The van der Waals surface area contributed by atoms with Crippen LogP contribution in [-0.2, 0) is 11.3 Å². The summed E-state index contributed by atoms with van der Waals surface area (Å²) >= 11 is 0. The number of fused-ring (bicyclic) bond motifs is 1. The number of pyridine rings is 1. The zero-order chi connectivity index (χ0) is 23.8. The van der Waals surface area contributed by atoms with Crippen molar-refractivity contribution in [3.8, 4) is 28.5 Å². The average Bonchev–Trinajstić information content (AvgIpc) is 3.55. The van der Waals surface area contributed by atoms with Crippen molar-refractivity contribution in [2.75, 3.05) is 24.7 Å². The molecule has 1 aliphatic rings. The van der Waals surface area contributed by atoms with Crippen LogP contribution in [0.5, 0.6) is 0 Å². The van der Waals surface area contributed by atoms with Crippen LogP contribution < -0.4 is 4.90 Å². The van der Waals surface area contributed by atoms with Gasteiger partial charge in [0.15, 0.2) is 17.0 Å². The van der Waals surface area contributed by atoms with Gasteiger partial charge in [-0.15, -0.1) is 0 Å². The maximum atomic E-state index is 5.70.